The molecule has 0 aromatic heterocycles. The number of likely N-dealkylation sites (tertiary alicyclic amines) is 1. The Morgan fingerprint density at radius 3 is 2.58 bits per heavy atom. The van der Waals surface area contributed by atoms with Crippen LogP contribution in [0.4, 0.5) is 4.79 Å². The molecule has 146 valence electrons. The number of carbonyl (C=O) groups is 2. The predicted molar refractivity (Wildman–Crippen MR) is 102 cm³/mol. The normalized spacial score (nSPS) is 27.9. The number of guanidine groups is 1. The lowest BCUT2D eigenvalue weighted by Crippen LogP contribution is -2.43. The van der Waals surface area contributed by atoms with Crippen LogP contribution in [0.1, 0.15) is 59.3 Å². The number of nitrogens with one attached hydrogen (secondary N) is 2. The largest absolute Gasteiger partial charge is 0.357 e. The zero-order chi connectivity index (χ0) is 18.8. The fourth-order valence-electron chi connectivity index (χ4n) is 4.23. The van der Waals surface area contributed by atoms with Gasteiger partial charge in [0, 0.05) is 32.7 Å². The standard InChI is InChI=1S/C19H33N5O2/c1-4-18(3)15(25)24(17(26)22-18)12-7-11-21-16(20-5-2)23-13-10-19(14-23)8-6-9-19/h4-14H2,1-3H3,(H,20,21)(H,22,26). The van der Waals surface area contributed by atoms with Crippen LogP contribution in [-0.2, 0) is 4.79 Å². The summed E-state index contributed by atoms with van der Waals surface area (Å²) in [5, 5.41) is 6.19. The fourth-order valence-corrected chi connectivity index (χ4v) is 4.23. The number of rotatable bonds is 6. The van der Waals surface area contributed by atoms with Crippen LogP contribution < -0.4 is 10.6 Å². The molecule has 2 saturated heterocycles. The van der Waals surface area contributed by atoms with E-state index in [1.807, 2.05) is 6.92 Å². The lowest BCUT2D eigenvalue weighted by molar-refractivity contribution is -0.130. The highest BCUT2D eigenvalue weighted by Gasteiger charge is 2.46. The van der Waals surface area contributed by atoms with Crippen molar-refractivity contribution >= 4 is 17.9 Å². The van der Waals surface area contributed by atoms with Gasteiger partial charge in [-0.05, 0) is 51.4 Å². The second-order valence-corrected chi connectivity index (χ2v) is 8.19. The summed E-state index contributed by atoms with van der Waals surface area (Å²) in [6, 6.07) is -0.276. The molecular formula is C19H33N5O2. The van der Waals surface area contributed by atoms with Crippen LogP contribution in [0.15, 0.2) is 4.99 Å². The summed E-state index contributed by atoms with van der Waals surface area (Å²) in [6.45, 7) is 9.87. The Morgan fingerprint density at radius 2 is 2.04 bits per heavy atom. The highest BCUT2D eigenvalue weighted by Crippen LogP contribution is 2.47. The molecule has 0 bridgehead atoms. The molecule has 1 unspecified atom stereocenters. The van der Waals surface area contributed by atoms with E-state index < -0.39 is 5.54 Å². The number of carbonyl (C=O) groups excluding carboxylic acids is 2. The van der Waals surface area contributed by atoms with Gasteiger partial charge in [0.1, 0.15) is 5.54 Å². The first-order valence-corrected chi connectivity index (χ1v) is 10.1. The number of imide groups is 1. The lowest BCUT2D eigenvalue weighted by Gasteiger charge is -2.38. The monoisotopic (exact) mass is 363 g/mol. The average Bonchev–Trinajstić information content (AvgIpc) is 3.13. The van der Waals surface area contributed by atoms with Crippen LogP contribution in [-0.4, -0.2) is 66.0 Å². The zero-order valence-electron chi connectivity index (χ0n) is 16.4. The number of nitrogens with zero attached hydrogens (tertiary/aromatic N) is 3. The van der Waals surface area contributed by atoms with E-state index in [0.29, 0.717) is 31.3 Å². The molecule has 2 N–H and O–H groups in total. The van der Waals surface area contributed by atoms with E-state index in [-0.39, 0.29) is 11.9 Å². The molecule has 3 amide bonds. The van der Waals surface area contributed by atoms with E-state index in [2.05, 4.69) is 22.5 Å². The average molecular weight is 364 g/mol. The third-order valence-electron chi connectivity index (χ3n) is 6.34. The molecule has 7 heteroatoms. The minimum Gasteiger partial charge on any atom is -0.357 e. The minimum atomic E-state index is -0.748. The van der Waals surface area contributed by atoms with Crippen molar-refractivity contribution in [3.63, 3.8) is 0 Å². The topological polar surface area (TPSA) is 77.0 Å². The van der Waals surface area contributed by atoms with Crippen molar-refractivity contribution in [2.75, 3.05) is 32.7 Å². The molecule has 1 saturated carbocycles. The summed E-state index contributed by atoms with van der Waals surface area (Å²) in [4.78, 5) is 32.9. The molecule has 26 heavy (non-hydrogen) atoms. The Hall–Kier alpha value is -1.79. The zero-order valence-corrected chi connectivity index (χ0v) is 16.4. The van der Waals surface area contributed by atoms with Gasteiger partial charge in [-0.15, -0.1) is 0 Å². The van der Waals surface area contributed by atoms with Crippen LogP contribution in [0, 0.1) is 5.41 Å². The maximum absolute atomic E-state index is 12.4. The second-order valence-electron chi connectivity index (χ2n) is 8.19. The van der Waals surface area contributed by atoms with Gasteiger partial charge in [0.2, 0.25) is 0 Å². The summed E-state index contributed by atoms with van der Waals surface area (Å²) in [7, 11) is 0. The summed E-state index contributed by atoms with van der Waals surface area (Å²) in [5.41, 5.74) is -0.206. The van der Waals surface area contributed by atoms with Crippen molar-refractivity contribution in [1.82, 2.24) is 20.4 Å². The van der Waals surface area contributed by atoms with Gasteiger partial charge in [-0.2, -0.15) is 0 Å². The molecule has 3 rings (SSSR count). The van der Waals surface area contributed by atoms with Crippen LogP contribution >= 0.6 is 0 Å². The second kappa shape index (κ2) is 7.45. The van der Waals surface area contributed by atoms with Gasteiger partial charge in [0.05, 0.1) is 0 Å². The summed E-state index contributed by atoms with van der Waals surface area (Å²) < 4.78 is 0. The van der Waals surface area contributed by atoms with Gasteiger partial charge in [-0.3, -0.25) is 14.7 Å². The SMILES string of the molecule is CCNC(=NCCCN1C(=O)NC(C)(CC)C1=O)N1CCC2(CCC2)C1. The molecule has 2 heterocycles. The lowest BCUT2D eigenvalue weighted by atomic mass is 9.68. The minimum absolute atomic E-state index is 0.118. The van der Waals surface area contributed by atoms with Gasteiger partial charge in [-0.1, -0.05) is 13.3 Å². The van der Waals surface area contributed by atoms with Gasteiger partial charge < -0.3 is 15.5 Å². The Balaban J connectivity index is 1.51. The Bertz CT molecular complexity index is 586. The van der Waals surface area contributed by atoms with E-state index in [9.17, 15) is 9.59 Å². The molecule has 3 aliphatic rings. The van der Waals surface area contributed by atoms with Gasteiger partial charge in [-0.25, -0.2) is 4.79 Å². The quantitative estimate of drug-likeness (QED) is 0.327. The van der Waals surface area contributed by atoms with E-state index in [1.165, 1.54) is 30.6 Å². The van der Waals surface area contributed by atoms with Gasteiger partial charge >= 0.3 is 6.03 Å². The van der Waals surface area contributed by atoms with Crippen LogP contribution in [0.5, 0.6) is 0 Å². The molecule has 3 fully saturated rings. The first-order chi connectivity index (χ1) is 12.4. The van der Waals surface area contributed by atoms with Crippen molar-refractivity contribution in [1.29, 1.82) is 0 Å². The van der Waals surface area contributed by atoms with Crippen molar-refractivity contribution < 1.29 is 9.59 Å². The van der Waals surface area contributed by atoms with Crippen LogP contribution in [0.25, 0.3) is 0 Å². The summed E-state index contributed by atoms with van der Waals surface area (Å²) >= 11 is 0. The van der Waals surface area contributed by atoms with E-state index in [1.54, 1.807) is 6.92 Å². The molecular weight excluding hydrogens is 330 g/mol. The number of hydrogen-bond acceptors (Lipinski definition) is 3. The Labute approximate surface area is 156 Å². The summed E-state index contributed by atoms with van der Waals surface area (Å²) in [6.07, 6.45) is 6.64. The van der Waals surface area contributed by atoms with Crippen molar-refractivity contribution in [2.24, 2.45) is 10.4 Å². The summed E-state index contributed by atoms with van der Waals surface area (Å²) in [5.74, 6) is 0.860. The first-order valence-electron chi connectivity index (χ1n) is 10.1. The van der Waals surface area contributed by atoms with Crippen LogP contribution in [0.2, 0.25) is 0 Å². The smallest absolute Gasteiger partial charge is 0.325 e. The van der Waals surface area contributed by atoms with E-state index in [0.717, 1.165) is 25.6 Å². The van der Waals surface area contributed by atoms with Crippen molar-refractivity contribution in [3.8, 4) is 0 Å². The molecule has 1 atom stereocenters. The first kappa shape index (κ1) is 19.0. The predicted octanol–water partition coefficient (Wildman–Crippen LogP) is 1.94. The van der Waals surface area contributed by atoms with E-state index >= 15 is 0 Å². The van der Waals surface area contributed by atoms with Gasteiger partial charge in [0.25, 0.3) is 5.91 Å². The Morgan fingerprint density at radius 1 is 1.27 bits per heavy atom. The maximum atomic E-state index is 12.4. The van der Waals surface area contributed by atoms with Crippen molar-refractivity contribution in [3.05, 3.63) is 0 Å². The molecule has 2 aliphatic heterocycles. The maximum Gasteiger partial charge on any atom is 0.325 e. The highest BCUT2D eigenvalue weighted by atomic mass is 16.2. The molecule has 0 radical (unpaired) electrons. The molecule has 1 aliphatic carbocycles. The van der Waals surface area contributed by atoms with Crippen molar-refractivity contribution in [2.45, 2.75) is 64.8 Å². The number of hydrogen-bond donors (Lipinski definition) is 2. The highest BCUT2D eigenvalue weighted by molar-refractivity contribution is 6.06. The number of aliphatic imine (C=N–C) groups is 1. The molecule has 7 nitrogen and oxygen atoms in total. The molecule has 0 aromatic rings. The third kappa shape index (κ3) is 3.53. The molecule has 1 spiro atoms. The molecule has 0 aromatic carbocycles. The number of urea groups is 1. The third-order valence-corrected chi connectivity index (χ3v) is 6.34. The Kier molecular flexibility index (Phi) is 5.44. The van der Waals surface area contributed by atoms with Gasteiger partial charge in [0.15, 0.2) is 5.96 Å². The van der Waals surface area contributed by atoms with Crippen LogP contribution in [0.3, 0.4) is 0 Å². The van der Waals surface area contributed by atoms with E-state index in [4.69, 9.17) is 4.99 Å². The number of amides is 3. The fraction of sp³-hybridized carbons (Fsp3) is 0.842.